The zero-order chi connectivity index (χ0) is 13.2. The maximum Gasteiger partial charge on any atom is 0.241 e. The molecule has 2 rings (SSSR count). The third-order valence-electron chi connectivity index (χ3n) is 3.21. The van der Waals surface area contributed by atoms with Crippen molar-refractivity contribution in [1.29, 1.82) is 0 Å². The number of ether oxygens (including phenoxy) is 1. The summed E-state index contributed by atoms with van der Waals surface area (Å²) in [6.07, 6.45) is 0.965. The second kappa shape index (κ2) is 5.66. The lowest BCUT2D eigenvalue weighted by Gasteiger charge is -2.14. The van der Waals surface area contributed by atoms with Crippen molar-refractivity contribution in [3.63, 3.8) is 0 Å². The van der Waals surface area contributed by atoms with Crippen LogP contribution in [0.4, 0.5) is 0 Å². The van der Waals surface area contributed by atoms with Crippen LogP contribution in [-0.4, -0.2) is 32.8 Å². The number of sulfonamides is 1. The highest BCUT2D eigenvalue weighted by Crippen LogP contribution is 2.23. The summed E-state index contributed by atoms with van der Waals surface area (Å²) in [4.78, 5) is 0.653. The van der Waals surface area contributed by atoms with Gasteiger partial charge in [-0.3, -0.25) is 0 Å². The molecule has 1 saturated heterocycles. The number of nitrogens with one attached hydrogen (secondary N) is 1. The van der Waals surface area contributed by atoms with Crippen LogP contribution in [-0.2, 0) is 21.4 Å². The van der Waals surface area contributed by atoms with Crippen LogP contribution in [0.25, 0.3) is 0 Å². The third-order valence-corrected chi connectivity index (χ3v) is 5.75. The highest BCUT2D eigenvalue weighted by atomic mass is 32.2. The number of hydrogen-bond acceptors (Lipinski definition) is 5. The van der Waals surface area contributed by atoms with Gasteiger partial charge in [-0.25, -0.2) is 13.1 Å². The summed E-state index contributed by atoms with van der Waals surface area (Å²) in [7, 11) is -3.53. The van der Waals surface area contributed by atoms with E-state index in [1.165, 1.54) is 17.4 Å². The average Bonchev–Trinajstić information content (AvgIpc) is 2.95. The normalized spacial score (nSPS) is 24.6. The van der Waals surface area contributed by atoms with Gasteiger partial charge in [0.05, 0.1) is 17.6 Å². The number of hydrogen-bond donors (Lipinski definition) is 2. The molecule has 0 radical (unpaired) electrons. The van der Waals surface area contributed by atoms with Gasteiger partial charge in [0.2, 0.25) is 10.0 Å². The Morgan fingerprint density at radius 1 is 1.61 bits per heavy atom. The van der Waals surface area contributed by atoms with Crippen molar-refractivity contribution in [3.8, 4) is 0 Å². The molecular formula is C11H17NO4S2. The van der Waals surface area contributed by atoms with Gasteiger partial charge in [-0.2, -0.15) is 0 Å². The molecule has 0 amide bonds. The number of aliphatic hydroxyl groups is 1. The largest absolute Gasteiger partial charge is 0.391 e. The first-order valence-electron chi connectivity index (χ1n) is 5.83. The monoisotopic (exact) mass is 291 g/mol. The molecule has 7 heteroatoms. The number of rotatable bonds is 5. The van der Waals surface area contributed by atoms with Crippen LogP contribution in [0, 0.1) is 5.92 Å². The van der Waals surface area contributed by atoms with E-state index in [2.05, 4.69) is 4.72 Å². The second-order valence-electron chi connectivity index (χ2n) is 4.34. The van der Waals surface area contributed by atoms with Crippen molar-refractivity contribution in [1.82, 2.24) is 4.72 Å². The van der Waals surface area contributed by atoms with E-state index < -0.39 is 10.0 Å². The van der Waals surface area contributed by atoms with Crippen molar-refractivity contribution in [2.75, 3.05) is 13.2 Å². The number of aliphatic hydroxyl groups excluding tert-OH is 1. The van der Waals surface area contributed by atoms with Gasteiger partial charge in [-0.1, -0.05) is 0 Å². The van der Waals surface area contributed by atoms with Crippen molar-refractivity contribution in [2.24, 2.45) is 5.92 Å². The molecule has 1 aliphatic rings. The van der Waals surface area contributed by atoms with Gasteiger partial charge in [0.25, 0.3) is 0 Å². The molecule has 0 aromatic carbocycles. The lowest BCUT2D eigenvalue weighted by molar-refractivity contribution is 0.107. The molecule has 1 fully saturated rings. The van der Waals surface area contributed by atoms with E-state index in [1.807, 2.05) is 6.92 Å². The maximum absolute atomic E-state index is 12.1. The lowest BCUT2D eigenvalue weighted by Crippen LogP contribution is -2.32. The Morgan fingerprint density at radius 3 is 3.00 bits per heavy atom. The molecular weight excluding hydrogens is 274 g/mol. The van der Waals surface area contributed by atoms with Gasteiger partial charge in [0.15, 0.2) is 0 Å². The van der Waals surface area contributed by atoms with E-state index in [0.717, 1.165) is 6.42 Å². The summed E-state index contributed by atoms with van der Waals surface area (Å²) in [5.74, 6) is 0.219. The van der Waals surface area contributed by atoms with Gasteiger partial charge in [0.1, 0.15) is 0 Å². The van der Waals surface area contributed by atoms with Crippen LogP contribution in [0.1, 0.15) is 18.2 Å². The molecule has 18 heavy (non-hydrogen) atoms. The van der Waals surface area contributed by atoms with Crippen LogP contribution in [0.15, 0.2) is 16.3 Å². The van der Waals surface area contributed by atoms with E-state index >= 15 is 0 Å². The van der Waals surface area contributed by atoms with E-state index in [4.69, 9.17) is 9.84 Å². The maximum atomic E-state index is 12.1. The Balaban J connectivity index is 2.03. The molecule has 2 N–H and O–H groups in total. The molecule has 0 spiro atoms. The summed E-state index contributed by atoms with van der Waals surface area (Å²) in [6.45, 7) is 2.77. The van der Waals surface area contributed by atoms with Crippen LogP contribution in [0.3, 0.4) is 0 Å². The summed E-state index contributed by atoms with van der Waals surface area (Å²) < 4.78 is 32.1. The first-order valence-corrected chi connectivity index (χ1v) is 8.19. The first-order chi connectivity index (χ1) is 8.54. The lowest BCUT2D eigenvalue weighted by atomic mass is 10.0. The summed E-state index contributed by atoms with van der Waals surface area (Å²) in [5.41, 5.74) is 0. The summed E-state index contributed by atoms with van der Waals surface area (Å²) in [6, 6.07) is 1.52. The third kappa shape index (κ3) is 2.92. The molecule has 102 valence electrons. The fourth-order valence-corrected chi connectivity index (χ4v) is 4.41. The van der Waals surface area contributed by atoms with Gasteiger partial charge < -0.3 is 9.84 Å². The van der Waals surface area contributed by atoms with E-state index in [-0.39, 0.29) is 23.5 Å². The molecule has 5 nitrogen and oxygen atoms in total. The second-order valence-corrected chi connectivity index (χ2v) is 7.08. The zero-order valence-electron chi connectivity index (χ0n) is 10.1. The minimum absolute atomic E-state index is 0.0903. The summed E-state index contributed by atoms with van der Waals surface area (Å²) >= 11 is 1.24. The minimum Gasteiger partial charge on any atom is -0.391 e. The number of thiophene rings is 1. The molecule has 2 atom stereocenters. The van der Waals surface area contributed by atoms with Crippen molar-refractivity contribution in [3.05, 3.63) is 16.3 Å². The van der Waals surface area contributed by atoms with Crippen molar-refractivity contribution < 1.29 is 18.3 Å². The Hall–Kier alpha value is -0.470. The highest BCUT2D eigenvalue weighted by molar-refractivity contribution is 7.89. The molecule has 1 aromatic heterocycles. The van der Waals surface area contributed by atoms with E-state index in [9.17, 15) is 8.42 Å². The topological polar surface area (TPSA) is 75.6 Å². The average molecular weight is 291 g/mol. The molecule has 1 aliphatic heterocycles. The Morgan fingerprint density at radius 2 is 2.39 bits per heavy atom. The van der Waals surface area contributed by atoms with E-state index in [0.29, 0.717) is 18.0 Å². The molecule has 0 saturated carbocycles. The van der Waals surface area contributed by atoms with Gasteiger partial charge >= 0.3 is 0 Å². The zero-order valence-corrected chi connectivity index (χ0v) is 11.8. The standard InChI is InChI=1S/C11H17NO4S2/c1-8-9(2-4-16-8)6-12-18(14,15)11-3-5-17-10(11)7-13/h3,5,8-9,12-13H,2,4,6-7H2,1H3. The molecule has 2 heterocycles. The molecule has 2 unspecified atom stereocenters. The highest BCUT2D eigenvalue weighted by Gasteiger charge is 2.27. The SMILES string of the molecule is CC1OCCC1CNS(=O)(=O)c1ccsc1CO. The van der Waals surface area contributed by atoms with Crippen LogP contribution in [0.2, 0.25) is 0 Å². The molecule has 0 aliphatic carbocycles. The van der Waals surface area contributed by atoms with Crippen LogP contribution in [0.5, 0.6) is 0 Å². The first kappa shape index (κ1) is 14.0. The quantitative estimate of drug-likeness (QED) is 0.846. The van der Waals surface area contributed by atoms with Crippen LogP contribution >= 0.6 is 11.3 Å². The minimum atomic E-state index is -3.53. The van der Waals surface area contributed by atoms with Gasteiger partial charge in [0, 0.05) is 23.9 Å². The summed E-state index contributed by atoms with van der Waals surface area (Å²) in [5, 5.41) is 10.8. The molecule has 1 aromatic rings. The van der Waals surface area contributed by atoms with Crippen LogP contribution < -0.4 is 4.72 Å². The predicted octanol–water partition coefficient (Wildman–Crippen LogP) is 0.944. The molecule has 0 bridgehead atoms. The van der Waals surface area contributed by atoms with Crippen molar-refractivity contribution in [2.45, 2.75) is 31.0 Å². The Kier molecular flexibility index (Phi) is 4.39. The van der Waals surface area contributed by atoms with Crippen molar-refractivity contribution >= 4 is 21.4 Å². The van der Waals surface area contributed by atoms with E-state index in [1.54, 1.807) is 5.38 Å². The van der Waals surface area contributed by atoms with Gasteiger partial charge in [-0.05, 0) is 24.8 Å². The van der Waals surface area contributed by atoms with Gasteiger partial charge in [-0.15, -0.1) is 11.3 Å². The fourth-order valence-electron chi connectivity index (χ4n) is 2.02. The fraction of sp³-hybridized carbons (Fsp3) is 0.636. The smallest absolute Gasteiger partial charge is 0.241 e. The predicted molar refractivity (Wildman–Crippen MR) is 69.0 cm³/mol. The Bertz CT molecular complexity index is 497. The Labute approximate surface area is 111 Å².